The number of carboxylic acid groups (broad SMARTS) is 4. The highest BCUT2D eigenvalue weighted by molar-refractivity contribution is 5.76. The quantitative estimate of drug-likeness (QED) is 0.174. The first kappa shape index (κ1) is 34.4. The molecule has 8 unspecified atom stereocenters. The molecule has 0 aromatic rings. The van der Waals surface area contributed by atoms with Crippen molar-refractivity contribution in [1.82, 2.24) is 0 Å². The molecule has 37 heavy (non-hydrogen) atoms. The van der Waals surface area contributed by atoms with Gasteiger partial charge in [-0.05, 0) is 62.7 Å². The zero-order valence-corrected chi connectivity index (χ0v) is 23.2. The van der Waals surface area contributed by atoms with Crippen LogP contribution in [0.3, 0.4) is 0 Å². The van der Waals surface area contributed by atoms with Crippen molar-refractivity contribution in [3.05, 3.63) is 0 Å². The van der Waals surface area contributed by atoms with Crippen LogP contribution in [0.2, 0.25) is 0 Å². The Bertz CT molecular complexity index is 777. The lowest BCUT2D eigenvalue weighted by molar-refractivity contribution is -0.152. The molecule has 0 saturated heterocycles. The minimum Gasteiger partial charge on any atom is -0.481 e. The molecule has 0 spiro atoms. The van der Waals surface area contributed by atoms with Gasteiger partial charge in [0.15, 0.2) is 0 Å². The average Bonchev–Trinajstić information content (AvgIpc) is 2.77. The van der Waals surface area contributed by atoms with Crippen molar-refractivity contribution in [3.63, 3.8) is 0 Å². The molecule has 4 N–H and O–H groups in total. The summed E-state index contributed by atoms with van der Waals surface area (Å²) in [7, 11) is 0. The maximum Gasteiger partial charge on any atom is 0.309 e. The van der Waals surface area contributed by atoms with Crippen LogP contribution in [0.5, 0.6) is 0 Å². The standard InChI is InChI=1S/C27H46O10/c1-8-37-27(36)19(14(2)3)11-9-15(4)20(24(30)31)12-10-16(5)21(25(32)33)13-22(26(34)35)17(6)18(7)23(28)29/h14-22H,8-13H2,1-7H3,(H,28,29)(H,30,31)(H,32,33)(H,34,35). The summed E-state index contributed by atoms with van der Waals surface area (Å²) < 4.78 is 5.14. The molecule has 0 amide bonds. The molecule has 214 valence electrons. The lowest BCUT2D eigenvalue weighted by atomic mass is 9.74. The number of hydrogen-bond acceptors (Lipinski definition) is 6. The van der Waals surface area contributed by atoms with Crippen LogP contribution in [0.1, 0.15) is 80.6 Å². The van der Waals surface area contributed by atoms with Crippen LogP contribution < -0.4 is 0 Å². The number of carbonyl (C=O) groups excluding carboxylic acids is 1. The summed E-state index contributed by atoms with van der Waals surface area (Å²) in [4.78, 5) is 59.5. The van der Waals surface area contributed by atoms with E-state index in [1.165, 1.54) is 13.8 Å². The van der Waals surface area contributed by atoms with Crippen molar-refractivity contribution < 1.29 is 49.1 Å². The van der Waals surface area contributed by atoms with Gasteiger partial charge in [-0.2, -0.15) is 0 Å². The van der Waals surface area contributed by atoms with E-state index in [0.29, 0.717) is 12.8 Å². The van der Waals surface area contributed by atoms with Crippen LogP contribution in [0.4, 0.5) is 0 Å². The summed E-state index contributed by atoms with van der Waals surface area (Å²) in [6.07, 6.45) is 1.17. The van der Waals surface area contributed by atoms with Crippen LogP contribution in [-0.4, -0.2) is 56.9 Å². The monoisotopic (exact) mass is 530 g/mol. The Labute approximate surface area is 219 Å². The molecule has 0 heterocycles. The summed E-state index contributed by atoms with van der Waals surface area (Å²) in [5.74, 6) is -10.7. The third kappa shape index (κ3) is 11.1. The average molecular weight is 531 g/mol. The molecule has 10 nitrogen and oxygen atoms in total. The van der Waals surface area contributed by atoms with Crippen molar-refractivity contribution in [1.29, 1.82) is 0 Å². The van der Waals surface area contributed by atoms with Gasteiger partial charge in [0.25, 0.3) is 0 Å². The van der Waals surface area contributed by atoms with Gasteiger partial charge in [0.1, 0.15) is 0 Å². The van der Waals surface area contributed by atoms with Gasteiger partial charge in [0.2, 0.25) is 0 Å². The number of ether oxygens (including phenoxy) is 1. The van der Waals surface area contributed by atoms with Gasteiger partial charge in [-0.25, -0.2) is 0 Å². The molecule has 0 radical (unpaired) electrons. The molecular formula is C27H46O10. The van der Waals surface area contributed by atoms with Crippen LogP contribution >= 0.6 is 0 Å². The number of aliphatic carboxylic acids is 4. The third-order valence-corrected chi connectivity index (χ3v) is 7.91. The minimum absolute atomic E-state index is 0.0410. The second kappa shape index (κ2) is 16.2. The van der Waals surface area contributed by atoms with Gasteiger partial charge in [0, 0.05) is 0 Å². The summed E-state index contributed by atoms with van der Waals surface area (Å²) in [5.41, 5.74) is 0. The normalized spacial score (nSPS) is 18.1. The van der Waals surface area contributed by atoms with Crippen LogP contribution in [0, 0.1) is 53.3 Å². The van der Waals surface area contributed by atoms with Crippen molar-refractivity contribution in [2.45, 2.75) is 80.6 Å². The van der Waals surface area contributed by atoms with E-state index in [-0.39, 0.29) is 49.6 Å². The topological polar surface area (TPSA) is 176 Å². The van der Waals surface area contributed by atoms with Gasteiger partial charge < -0.3 is 25.2 Å². The van der Waals surface area contributed by atoms with E-state index >= 15 is 0 Å². The number of esters is 1. The highest BCUT2D eigenvalue weighted by atomic mass is 16.5. The van der Waals surface area contributed by atoms with Gasteiger partial charge in [-0.1, -0.05) is 41.5 Å². The Kier molecular flexibility index (Phi) is 15.1. The Morgan fingerprint density at radius 3 is 1.41 bits per heavy atom. The van der Waals surface area contributed by atoms with E-state index < -0.39 is 59.4 Å². The molecular weight excluding hydrogens is 484 g/mol. The van der Waals surface area contributed by atoms with E-state index in [0.717, 1.165) is 0 Å². The second-order valence-electron chi connectivity index (χ2n) is 10.8. The smallest absolute Gasteiger partial charge is 0.309 e. The van der Waals surface area contributed by atoms with Crippen LogP contribution in [-0.2, 0) is 28.7 Å². The molecule has 0 rings (SSSR count). The van der Waals surface area contributed by atoms with E-state index in [1.807, 2.05) is 13.8 Å². The molecule has 0 aromatic carbocycles. The highest BCUT2D eigenvalue weighted by Gasteiger charge is 2.38. The molecule has 0 aliphatic rings. The molecule has 8 atom stereocenters. The lowest BCUT2D eigenvalue weighted by Crippen LogP contribution is -2.35. The van der Waals surface area contributed by atoms with Crippen molar-refractivity contribution >= 4 is 29.8 Å². The number of hydrogen-bond donors (Lipinski definition) is 4. The zero-order valence-electron chi connectivity index (χ0n) is 23.2. The summed E-state index contributed by atoms with van der Waals surface area (Å²) in [6.45, 7) is 12.2. The van der Waals surface area contributed by atoms with Gasteiger partial charge in [-0.15, -0.1) is 0 Å². The highest BCUT2D eigenvalue weighted by Crippen LogP contribution is 2.34. The van der Waals surface area contributed by atoms with E-state index in [2.05, 4.69) is 0 Å². The fraction of sp³-hybridized carbons (Fsp3) is 0.815. The van der Waals surface area contributed by atoms with E-state index in [4.69, 9.17) is 4.74 Å². The second-order valence-corrected chi connectivity index (χ2v) is 10.8. The molecule has 10 heteroatoms. The molecule has 0 aromatic heterocycles. The fourth-order valence-electron chi connectivity index (χ4n) is 4.88. The molecule has 0 bridgehead atoms. The maximum absolute atomic E-state index is 12.2. The zero-order chi connectivity index (χ0) is 29.0. The lowest BCUT2D eigenvalue weighted by Gasteiger charge is -2.29. The summed E-state index contributed by atoms with van der Waals surface area (Å²) in [6, 6.07) is 0. The minimum atomic E-state index is -1.25. The Balaban J connectivity index is 5.41. The predicted molar refractivity (Wildman–Crippen MR) is 136 cm³/mol. The van der Waals surface area contributed by atoms with Crippen LogP contribution in [0.15, 0.2) is 0 Å². The van der Waals surface area contributed by atoms with E-state index in [9.17, 15) is 44.4 Å². The van der Waals surface area contributed by atoms with Crippen molar-refractivity contribution in [3.8, 4) is 0 Å². The third-order valence-electron chi connectivity index (χ3n) is 7.91. The van der Waals surface area contributed by atoms with Crippen LogP contribution in [0.25, 0.3) is 0 Å². The van der Waals surface area contributed by atoms with E-state index in [1.54, 1.807) is 20.8 Å². The Hall–Kier alpha value is -2.65. The predicted octanol–water partition coefficient (Wildman–Crippen LogP) is 4.50. The molecule has 0 fully saturated rings. The first-order chi connectivity index (χ1) is 17.1. The fourth-order valence-corrected chi connectivity index (χ4v) is 4.88. The van der Waals surface area contributed by atoms with Crippen molar-refractivity contribution in [2.24, 2.45) is 53.3 Å². The van der Waals surface area contributed by atoms with Gasteiger partial charge in [-0.3, -0.25) is 24.0 Å². The number of carbonyl (C=O) groups is 5. The first-order valence-corrected chi connectivity index (χ1v) is 13.1. The molecule has 0 aliphatic heterocycles. The first-order valence-electron chi connectivity index (χ1n) is 13.1. The van der Waals surface area contributed by atoms with Gasteiger partial charge in [0.05, 0.1) is 36.2 Å². The van der Waals surface area contributed by atoms with Crippen molar-refractivity contribution in [2.75, 3.05) is 6.61 Å². The Morgan fingerprint density at radius 1 is 0.595 bits per heavy atom. The number of carboxylic acids is 4. The number of rotatable bonds is 19. The largest absolute Gasteiger partial charge is 0.481 e. The molecule has 0 aliphatic carbocycles. The summed E-state index contributed by atoms with van der Waals surface area (Å²) in [5, 5.41) is 38.6. The SMILES string of the molecule is CCOC(=O)C(CCC(C)C(CCC(C)C(CC(C(=O)O)C(C)C(C)C(=O)O)C(=O)O)C(=O)O)C(C)C. The summed E-state index contributed by atoms with van der Waals surface area (Å²) >= 11 is 0. The molecule has 0 saturated carbocycles. The maximum atomic E-state index is 12.2. The Morgan fingerprint density at radius 2 is 1.03 bits per heavy atom. The van der Waals surface area contributed by atoms with Gasteiger partial charge >= 0.3 is 29.8 Å².